The normalized spacial score (nSPS) is 10.3. The Morgan fingerprint density at radius 2 is 2.00 bits per heavy atom. The lowest BCUT2D eigenvalue weighted by molar-refractivity contribution is 0.415. The molecular weight excluding hydrogens is 288 g/mol. The number of nitrogens with one attached hydrogen (secondary N) is 2. The molecule has 3 rings (SSSR count). The summed E-state index contributed by atoms with van der Waals surface area (Å²) in [6, 6.07) is 15.5. The van der Waals surface area contributed by atoms with Crippen molar-refractivity contribution >= 4 is 28.4 Å². The molecule has 3 aromatic rings. The monoisotopic (exact) mass is 306 g/mol. The molecule has 0 bridgehead atoms. The summed E-state index contributed by atoms with van der Waals surface area (Å²) < 4.78 is 5.24. The lowest BCUT2D eigenvalue weighted by Crippen LogP contribution is -2.05. The van der Waals surface area contributed by atoms with Gasteiger partial charge >= 0.3 is 0 Å². The second-order valence-electron chi connectivity index (χ2n) is 4.94. The predicted molar refractivity (Wildman–Crippen MR) is 94.5 cm³/mol. The summed E-state index contributed by atoms with van der Waals surface area (Å²) >= 11 is 0. The largest absolute Gasteiger partial charge is 0.497 e. The topological polar surface area (TPSA) is 59.1 Å². The van der Waals surface area contributed by atoms with Gasteiger partial charge in [-0.25, -0.2) is 4.98 Å². The fraction of sp³-hybridized carbons (Fsp3) is 0.111. The Hall–Kier alpha value is -3.08. The minimum atomic E-state index is 0.531. The van der Waals surface area contributed by atoms with Crippen molar-refractivity contribution in [1.29, 1.82) is 0 Å². The van der Waals surface area contributed by atoms with Gasteiger partial charge in [0.25, 0.3) is 0 Å². The van der Waals surface area contributed by atoms with Gasteiger partial charge < -0.3 is 15.4 Å². The highest BCUT2D eigenvalue weighted by Gasteiger charge is 2.07. The molecule has 1 heterocycles. The van der Waals surface area contributed by atoms with Gasteiger partial charge in [0, 0.05) is 23.7 Å². The Kier molecular flexibility index (Phi) is 4.38. The average Bonchev–Trinajstić information content (AvgIpc) is 2.60. The summed E-state index contributed by atoms with van der Waals surface area (Å²) in [5.41, 5.74) is 1.74. The van der Waals surface area contributed by atoms with Crippen LogP contribution >= 0.6 is 0 Å². The van der Waals surface area contributed by atoms with Crippen molar-refractivity contribution in [2.24, 2.45) is 0 Å². The van der Waals surface area contributed by atoms with E-state index < -0.39 is 0 Å². The number of para-hydroxylation sites is 1. The van der Waals surface area contributed by atoms with E-state index in [2.05, 4.69) is 27.2 Å². The molecule has 0 unspecified atom stereocenters. The molecule has 0 aliphatic carbocycles. The quantitative estimate of drug-likeness (QED) is 0.675. The molecule has 0 saturated heterocycles. The number of anilines is 3. The number of ether oxygens (including phenoxy) is 1. The minimum absolute atomic E-state index is 0.531. The van der Waals surface area contributed by atoms with E-state index in [0.29, 0.717) is 12.5 Å². The van der Waals surface area contributed by atoms with Gasteiger partial charge in [0.15, 0.2) is 0 Å². The van der Waals surface area contributed by atoms with Gasteiger partial charge in [0.05, 0.1) is 12.6 Å². The van der Waals surface area contributed by atoms with E-state index in [9.17, 15) is 0 Å². The summed E-state index contributed by atoms with van der Waals surface area (Å²) in [7, 11) is 1.64. The first-order chi connectivity index (χ1) is 11.3. The highest BCUT2D eigenvalue weighted by molar-refractivity contribution is 5.90. The van der Waals surface area contributed by atoms with Gasteiger partial charge in [-0.05, 0) is 24.3 Å². The zero-order valence-corrected chi connectivity index (χ0v) is 12.9. The molecule has 0 saturated carbocycles. The number of nitrogens with zero attached hydrogens (tertiary/aromatic N) is 2. The van der Waals surface area contributed by atoms with E-state index in [1.807, 2.05) is 48.5 Å². The van der Waals surface area contributed by atoms with E-state index in [0.717, 1.165) is 28.2 Å². The van der Waals surface area contributed by atoms with Crippen LogP contribution < -0.4 is 15.4 Å². The summed E-state index contributed by atoms with van der Waals surface area (Å²) in [5, 5.41) is 7.45. The Morgan fingerprint density at radius 1 is 1.13 bits per heavy atom. The van der Waals surface area contributed by atoms with E-state index in [4.69, 9.17) is 4.74 Å². The van der Waals surface area contributed by atoms with Crippen molar-refractivity contribution < 1.29 is 4.74 Å². The standard InChI is InChI=1S/C18H18N4O/c1-3-11-19-17-15-9-4-5-10-16(15)21-18(22-17)20-13-7-6-8-14(12-13)23-2/h3-10,12H,1,11H2,2H3,(H2,19,20,21,22). The highest BCUT2D eigenvalue weighted by atomic mass is 16.5. The Morgan fingerprint density at radius 3 is 2.83 bits per heavy atom. The molecule has 0 radical (unpaired) electrons. The first kappa shape index (κ1) is 14.8. The number of methoxy groups -OCH3 is 1. The van der Waals surface area contributed by atoms with Crippen LogP contribution in [0.25, 0.3) is 10.9 Å². The number of aromatic nitrogens is 2. The average molecular weight is 306 g/mol. The number of benzene rings is 2. The Bertz CT molecular complexity index is 832. The zero-order chi connectivity index (χ0) is 16.1. The molecule has 1 aromatic heterocycles. The summed E-state index contributed by atoms with van der Waals surface area (Å²) in [6.45, 7) is 4.37. The Labute approximate surface area is 135 Å². The fourth-order valence-corrected chi connectivity index (χ4v) is 2.27. The van der Waals surface area contributed by atoms with Crippen molar-refractivity contribution in [2.75, 3.05) is 24.3 Å². The molecule has 2 N–H and O–H groups in total. The molecule has 2 aromatic carbocycles. The van der Waals surface area contributed by atoms with Gasteiger partial charge in [-0.1, -0.05) is 24.3 Å². The van der Waals surface area contributed by atoms with E-state index >= 15 is 0 Å². The van der Waals surface area contributed by atoms with E-state index in [-0.39, 0.29) is 0 Å². The first-order valence-corrected chi connectivity index (χ1v) is 7.33. The lowest BCUT2D eigenvalue weighted by Gasteiger charge is -2.11. The van der Waals surface area contributed by atoms with Crippen LogP contribution in [0.15, 0.2) is 61.2 Å². The van der Waals surface area contributed by atoms with Crippen LogP contribution in [0.1, 0.15) is 0 Å². The summed E-state index contributed by atoms with van der Waals surface area (Å²) in [6.07, 6.45) is 1.80. The van der Waals surface area contributed by atoms with Crippen molar-refractivity contribution in [2.45, 2.75) is 0 Å². The van der Waals surface area contributed by atoms with Crippen molar-refractivity contribution in [3.8, 4) is 5.75 Å². The molecule has 0 aliphatic rings. The van der Waals surface area contributed by atoms with Gasteiger partial charge in [-0.3, -0.25) is 0 Å². The molecule has 23 heavy (non-hydrogen) atoms. The van der Waals surface area contributed by atoms with Crippen molar-refractivity contribution in [3.63, 3.8) is 0 Å². The number of hydrogen-bond donors (Lipinski definition) is 2. The molecule has 116 valence electrons. The molecule has 0 amide bonds. The second-order valence-corrected chi connectivity index (χ2v) is 4.94. The van der Waals surface area contributed by atoms with Crippen LogP contribution in [0.3, 0.4) is 0 Å². The van der Waals surface area contributed by atoms with Gasteiger partial charge in [-0.15, -0.1) is 6.58 Å². The van der Waals surface area contributed by atoms with Crippen LogP contribution in [0.4, 0.5) is 17.5 Å². The molecule has 0 atom stereocenters. The van der Waals surface area contributed by atoms with E-state index in [1.54, 1.807) is 13.2 Å². The molecule has 5 nitrogen and oxygen atoms in total. The van der Waals surface area contributed by atoms with Crippen molar-refractivity contribution in [1.82, 2.24) is 9.97 Å². The second kappa shape index (κ2) is 6.79. The third-order valence-electron chi connectivity index (χ3n) is 3.34. The third kappa shape index (κ3) is 3.40. The summed E-state index contributed by atoms with van der Waals surface area (Å²) in [4.78, 5) is 9.13. The lowest BCUT2D eigenvalue weighted by atomic mass is 10.2. The third-order valence-corrected chi connectivity index (χ3v) is 3.34. The molecule has 0 fully saturated rings. The van der Waals surface area contributed by atoms with Gasteiger partial charge in [0.1, 0.15) is 11.6 Å². The van der Waals surface area contributed by atoms with Crippen LogP contribution in [0, 0.1) is 0 Å². The van der Waals surface area contributed by atoms with Crippen LogP contribution in [0.2, 0.25) is 0 Å². The predicted octanol–water partition coefficient (Wildman–Crippen LogP) is 3.98. The van der Waals surface area contributed by atoms with Crippen LogP contribution in [-0.2, 0) is 0 Å². The number of fused-ring (bicyclic) bond motifs is 1. The number of hydrogen-bond acceptors (Lipinski definition) is 5. The van der Waals surface area contributed by atoms with Crippen LogP contribution in [-0.4, -0.2) is 23.6 Å². The highest BCUT2D eigenvalue weighted by Crippen LogP contribution is 2.24. The SMILES string of the molecule is C=CCNc1nc(Nc2cccc(OC)c2)nc2ccccc12. The van der Waals surface area contributed by atoms with Gasteiger partial charge in [-0.2, -0.15) is 4.98 Å². The molecule has 5 heteroatoms. The zero-order valence-electron chi connectivity index (χ0n) is 12.9. The summed E-state index contributed by atoms with van der Waals surface area (Å²) in [5.74, 6) is 2.09. The molecule has 0 spiro atoms. The fourth-order valence-electron chi connectivity index (χ4n) is 2.27. The van der Waals surface area contributed by atoms with E-state index in [1.165, 1.54) is 0 Å². The van der Waals surface area contributed by atoms with Gasteiger partial charge in [0.2, 0.25) is 5.95 Å². The number of rotatable bonds is 6. The minimum Gasteiger partial charge on any atom is -0.497 e. The van der Waals surface area contributed by atoms with Crippen molar-refractivity contribution in [3.05, 3.63) is 61.2 Å². The smallest absolute Gasteiger partial charge is 0.229 e. The van der Waals surface area contributed by atoms with Crippen LogP contribution in [0.5, 0.6) is 5.75 Å². The molecule has 0 aliphatic heterocycles. The Balaban J connectivity index is 1.98. The maximum atomic E-state index is 5.24. The first-order valence-electron chi connectivity index (χ1n) is 7.33. The maximum Gasteiger partial charge on any atom is 0.229 e. The molecular formula is C18H18N4O. The maximum absolute atomic E-state index is 5.24.